The molecule has 0 atom stereocenters. The Bertz CT molecular complexity index is 794. The number of ether oxygens (including phenoxy) is 3. The number of morpholine rings is 1. The van der Waals surface area contributed by atoms with E-state index in [4.69, 9.17) is 19.0 Å². The molecule has 176 valence electrons. The van der Waals surface area contributed by atoms with Crippen molar-refractivity contribution in [3.05, 3.63) is 29.8 Å². The maximum atomic E-state index is 6.29. The molecule has 4 aliphatic rings. The molecule has 7 nitrogen and oxygen atoms in total. The molecule has 2 saturated heterocycles. The Kier molecular flexibility index (Phi) is 6.88. The van der Waals surface area contributed by atoms with Gasteiger partial charge in [-0.05, 0) is 62.8 Å². The lowest BCUT2D eigenvalue weighted by atomic mass is 9.90. The van der Waals surface area contributed by atoms with Crippen LogP contribution in [0.25, 0.3) is 5.70 Å². The van der Waals surface area contributed by atoms with Crippen molar-refractivity contribution in [2.45, 2.75) is 50.2 Å². The van der Waals surface area contributed by atoms with Gasteiger partial charge < -0.3 is 19.1 Å². The Morgan fingerprint density at radius 2 is 1.72 bits per heavy atom. The molecule has 0 unspecified atom stereocenters. The summed E-state index contributed by atoms with van der Waals surface area (Å²) in [6.07, 6.45) is 9.36. The summed E-state index contributed by atoms with van der Waals surface area (Å²) in [6, 6.07) is 6.18. The van der Waals surface area contributed by atoms with Gasteiger partial charge in [0, 0.05) is 44.8 Å². The van der Waals surface area contributed by atoms with Crippen LogP contribution in [0.3, 0.4) is 0 Å². The van der Waals surface area contributed by atoms with Gasteiger partial charge in [0.25, 0.3) is 0 Å². The molecule has 32 heavy (non-hydrogen) atoms. The Labute approximate surface area is 191 Å². The van der Waals surface area contributed by atoms with E-state index in [0.29, 0.717) is 6.10 Å². The van der Waals surface area contributed by atoms with Crippen LogP contribution < -0.4 is 15.0 Å². The molecule has 1 spiro atoms. The Hall–Kier alpha value is -1.80. The number of piperidine rings is 1. The Morgan fingerprint density at radius 1 is 1.00 bits per heavy atom. The van der Waals surface area contributed by atoms with Gasteiger partial charge in [0.1, 0.15) is 5.60 Å². The van der Waals surface area contributed by atoms with Crippen LogP contribution in [0, 0.1) is 0 Å². The van der Waals surface area contributed by atoms with Gasteiger partial charge in [0.15, 0.2) is 11.5 Å². The fourth-order valence-electron chi connectivity index (χ4n) is 5.25. The SMILES string of the molecule is COc1ccc(C2=CC3(CCN(CCN4CCOCC4)CC3)ON2)cc1OC1CCCC1. The van der Waals surface area contributed by atoms with Gasteiger partial charge in [-0.3, -0.25) is 15.2 Å². The van der Waals surface area contributed by atoms with Crippen LogP contribution in [0.1, 0.15) is 44.1 Å². The molecule has 1 aliphatic carbocycles. The van der Waals surface area contributed by atoms with E-state index in [2.05, 4.69) is 33.5 Å². The third-order valence-electron chi connectivity index (χ3n) is 7.38. The Balaban J connectivity index is 1.19. The third kappa shape index (κ3) is 5.06. The van der Waals surface area contributed by atoms with Crippen LogP contribution in [-0.2, 0) is 9.57 Å². The first-order valence-corrected chi connectivity index (χ1v) is 12.3. The number of benzene rings is 1. The monoisotopic (exact) mass is 443 g/mol. The second-order valence-electron chi connectivity index (χ2n) is 9.51. The van der Waals surface area contributed by atoms with E-state index in [0.717, 1.165) is 101 Å². The summed E-state index contributed by atoms with van der Waals surface area (Å²) in [4.78, 5) is 11.2. The normalized spacial score (nSPS) is 24.5. The van der Waals surface area contributed by atoms with E-state index in [-0.39, 0.29) is 5.60 Å². The van der Waals surface area contributed by atoms with Gasteiger partial charge in [-0.15, -0.1) is 0 Å². The lowest BCUT2D eigenvalue weighted by molar-refractivity contribution is -0.0705. The number of likely N-dealkylation sites (tertiary alicyclic amines) is 1. The molecule has 1 saturated carbocycles. The molecule has 1 aromatic rings. The maximum Gasteiger partial charge on any atom is 0.162 e. The van der Waals surface area contributed by atoms with Crippen LogP contribution in [0.2, 0.25) is 0 Å². The zero-order chi connectivity index (χ0) is 21.8. The third-order valence-corrected chi connectivity index (χ3v) is 7.38. The van der Waals surface area contributed by atoms with Crippen LogP contribution >= 0.6 is 0 Å². The zero-order valence-electron chi connectivity index (χ0n) is 19.3. The van der Waals surface area contributed by atoms with Crippen molar-refractivity contribution in [1.29, 1.82) is 0 Å². The molecular formula is C25H37N3O4. The van der Waals surface area contributed by atoms with Crippen molar-refractivity contribution in [2.75, 3.05) is 59.6 Å². The minimum Gasteiger partial charge on any atom is -0.493 e. The molecule has 3 aliphatic heterocycles. The number of hydrogen-bond donors (Lipinski definition) is 1. The predicted molar refractivity (Wildman–Crippen MR) is 124 cm³/mol. The number of rotatable bonds is 7. The molecule has 0 aromatic heterocycles. The molecule has 0 amide bonds. The first kappa shape index (κ1) is 22.0. The van der Waals surface area contributed by atoms with Crippen LogP contribution in [-0.4, -0.2) is 81.1 Å². The average Bonchev–Trinajstić information content (AvgIpc) is 3.50. The van der Waals surface area contributed by atoms with Gasteiger partial charge in [0.2, 0.25) is 0 Å². The fourth-order valence-corrected chi connectivity index (χ4v) is 5.25. The molecule has 3 heterocycles. The molecule has 1 N–H and O–H groups in total. The molecule has 3 fully saturated rings. The topological polar surface area (TPSA) is 55.4 Å². The largest absolute Gasteiger partial charge is 0.493 e. The van der Waals surface area contributed by atoms with Crippen molar-refractivity contribution in [2.24, 2.45) is 0 Å². The summed E-state index contributed by atoms with van der Waals surface area (Å²) in [6.45, 7) is 8.25. The quantitative estimate of drug-likeness (QED) is 0.695. The highest BCUT2D eigenvalue weighted by molar-refractivity contribution is 5.68. The van der Waals surface area contributed by atoms with Crippen LogP contribution in [0.15, 0.2) is 24.3 Å². The first-order chi connectivity index (χ1) is 15.7. The highest BCUT2D eigenvalue weighted by atomic mass is 16.7. The maximum absolute atomic E-state index is 6.29. The lowest BCUT2D eigenvalue weighted by Crippen LogP contribution is -2.47. The zero-order valence-corrected chi connectivity index (χ0v) is 19.3. The van der Waals surface area contributed by atoms with Gasteiger partial charge in [0.05, 0.1) is 32.1 Å². The standard InChI is InChI=1S/C25H37N3O4/c1-29-23-7-6-20(18-24(23)31-21-4-2-3-5-21)22-19-25(32-26-22)8-10-27(11-9-25)12-13-28-14-16-30-17-15-28/h6-7,18-19,21,26H,2-5,8-17H2,1H3. The Morgan fingerprint density at radius 3 is 2.44 bits per heavy atom. The van der Waals surface area contributed by atoms with Crippen molar-refractivity contribution in [1.82, 2.24) is 15.3 Å². The van der Waals surface area contributed by atoms with E-state index in [9.17, 15) is 0 Å². The molecule has 7 heteroatoms. The summed E-state index contributed by atoms with van der Waals surface area (Å²) in [7, 11) is 1.70. The van der Waals surface area contributed by atoms with Crippen molar-refractivity contribution in [3.63, 3.8) is 0 Å². The molecule has 0 bridgehead atoms. The van der Waals surface area contributed by atoms with Gasteiger partial charge in [-0.2, -0.15) is 0 Å². The summed E-state index contributed by atoms with van der Waals surface area (Å²) in [5.74, 6) is 1.63. The number of methoxy groups -OCH3 is 1. The predicted octanol–water partition coefficient (Wildman–Crippen LogP) is 3.06. The van der Waals surface area contributed by atoms with Gasteiger partial charge in [-0.1, -0.05) is 0 Å². The summed E-state index contributed by atoms with van der Waals surface area (Å²) >= 11 is 0. The number of hydroxylamine groups is 1. The lowest BCUT2D eigenvalue weighted by Gasteiger charge is -2.37. The van der Waals surface area contributed by atoms with Gasteiger partial charge >= 0.3 is 0 Å². The minimum absolute atomic E-state index is 0.211. The smallest absolute Gasteiger partial charge is 0.162 e. The van der Waals surface area contributed by atoms with E-state index in [1.807, 2.05) is 6.07 Å². The highest BCUT2D eigenvalue weighted by Gasteiger charge is 2.39. The summed E-state index contributed by atoms with van der Waals surface area (Å²) in [5.41, 5.74) is 5.12. The van der Waals surface area contributed by atoms with Crippen molar-refractivity contribution in [3.8, 4) is 11.5 Å². The second kappa shape index (κ2) is 10.00. The van der Waals surface area contributed by atoms with E-state index < -0.39 is 0 Å². The van der Waals surface area contributed by atoms with E-state index in [1.54, 1.807) is 7.11 Å². The first-order valence-electron chi connectivity index (χ1n) is 12.3. The van der Waals surface area contributed by atoms with Crippen molar-refractivity contribution >= 4 is 5.70 Å². The van der Waals surface area contributed by atoms with Crippen LogP contribution in [0.5, 0.6) is 11.5 Å². The minimum atomic E-state index is -0.211. The fraction of sp³-hybridized carbons (Fsp3) is 0.680. The van der Waals surface area contributed by atoms with Crippen molar-refractivity contribution < 1.29 is 19.0 Å². The molecular weight excluding hydrogens is 406 g/mol. The summed E-state index contributed by atoms with van der Waals surface area (Å²) in [5, 5.41) is 0. The van der Waals surface area contributed by atoms with Gasteiger partial charge in [-0.25, -0.2) is 0 Å². The second-order valence-corrected chi connectivity index (χ2v) is 9.51. The summed E-state index contributed by atoms with van der Waals surface area (Å²) < 4.78 is 17.3. The average molecular weight is 444 g/mol. The number of nitrogens with one attached hydrogen (secondary N) is 1. The van der Waals surface area contributed by atoms with Crippen LogP contribution in [0.4, 0.5) is 0 Å². The molecule has 1 aromatic carbocycles. The number of hydrogen-bond acceptors (Lipinski definition) is 7. The van der Waals surface area contributed by atoms with E-state index >= 15 is 0 Å². The van der Waals surface area contributed by atoms with E-state index in [1.165, 1.54) is 12.8 Å². The molecule has 5 rings (SSSR count). The number of nitrogens with zero attached hydrogens (tertiary/aromatic N) is 2. The molecule has 0 radical (unpaired) electrons. The highest BCUT2D eigenvalue weighted by Crippen LogP contribution is 2.38.